The standard InChI is InChI=1S/C20H24N4O/c1-15(23-11-5-6-12-23)14-19(25)24-13-7-10-18(24)20-21-16-8-3-4-9-17(16)22(20)2/h3-6,8-9,11-12,15,18H,7,10,13-14H2,1-2H3/t15-,18+/m1/s1. The zero-order chi connectivity index (χ0) is 17.4. The number of hydrogen-bond acceptors (Lipinski definition) is 2. The molecule has 4 rings (SSSR count). The van der Waals surface area contributed by atoms with Crippen molar-refractivity contribution in [3.63, 3.8) is 0 Å². The number of rotatable bonds is 4. The number of amides is 1. The van der Waals surface area contributed by atoms with Crippen molar-refractivity contribution in [3.8, 4) is 0 Å². The van der Waals surface area contributed by atoms with E-state index in [-0.39, 0.29) is 18.0 Å². The van der Waals surface area contributed by atoms with Gasteiger partial charge in [-0.15, -0.1) is 0 Å². The Morgan fingerprint density at radius 1 is 1.24 bits per heavy atom. The summed E-state index contributed by atoms with van der Waals surface area (Å²) in [6.45, 7) is 2.92. The van der Waals surface area contributed by atoms with E-state index >= 15 is 0 Å². The van der Waals surface area contributed by atoms with Crippen molar-refractivity contribution in [2.45, 2.75) is 38.3 Å². The zero-order valence-corrected chi connectivity index (χ0v) is 14.8. The fraction of sp³-hybridized carbons (Fsp3) is 0.400. The lowest BCUT2D eigenvalue weighted by Crippen LogP contribution is -2.33. The van der Waals surface area contributed by atoms with Crippen LogP contribution in [0.4, 0.5) is 0 Å². The number of para-hydroxylation sites is 2. The highest BCUT2D eigenvalue weighted by Crippen LogP contribution is 2.34. The first-order valence-electron chi connectivity index (χ1n) is 8.98. The SMILES string of the molecule is C[C@H](CC(=O)N1CCC[C@H]1c1nc2ccccc2n1C)n1cccc1. The van der Waals surface area contributed by atoms with E-state index in [4.69, 9.17) is 4.98 Å². The summed E-state index contributed by atoms with van der Waals surface area (Å²) < 4.78 is 4.24. The largest absolute Gasteiger partial charge is 0.351 e. The van der Waals surface area contributed by atoms with Crippen LogP contribution in [0.5, 0.6) is 0 Å². The molecule has 1 amide bonds. The molecule has 3 heterocycles. The van der Waals surface area contributed by atoms with Gasteiger partial charge in [0.2, 0.25) is 5.91 Å². The molecule has 1 aliphatic heterocycles. The molecule has 0 unspecified atom stereocenters. The third kappa shape index (κ3) is 2.84. The van der Waals surface area contributed by atoms with E-state index in [9.17, 15) is 4.79 Å². The average Bonchev–Trinajstić information content (AvgIpc) is 3.35. The lowest BCUT2D eigenvalue weighted by Gasteiger charge is -2.26. The summed E-state index contributed by atoms with van der Waals surface area (Å²) in [7, 11) is 2.05. The lowest BCUT2D eigenvalue weighted by atomic mass is 10.1. The number of aryl methyl sites for hydroxylation is 1. The molecule has 0 aliphatic carbocycles. The summed E-state index contributed by atoms with van der Waals surface area (Å²) >= 11 is 0. The van der Waals surface area contributed by atoms with E-state index in [2.05, 4.69) is 22.1 Å². The van der Waals surface area contributed by atoms with E-state index in [1.807, 2.05) is 54.7 Å². The van der Waals surface area contributed by atoms with Gasteiger partial charge in [0.05, 0.1) is 17.1 Å². The minimum atomic E-state index is 0.0850. The molecule has 0 bridgehead atoms. The molecule has 0 N–H and O–H groups in total. The highest BCUT2D eigenvalue weighted by Gasteiger charge is 2.33. The van der Waals surface area contributed by atoms with Crippen molar-refractivity contribution in [2.24, 2.45) is 7.05 Å². The smallest absolute Gasteiger partial charge is 0.225 e. The minimum absolute atomic E-state index is 0.0850. The van der Waals surface area contributed by atoms with E-state index < -0.39 is 0 Å². The summed E-state index contributed by atoms with van der Waals surface area (Å²) in [5, 5.41) is 0. The second kappa shape index (κ2) is 6.39. The number of aromatic nitrogens is 3. The van der Waals surface area contributed by atoms with Crippen LogP contribution in [0.3, 0.4) is 0 Å². The Balaban J connectivity index is 1.57. The van der Waals surface area contributed by atoms with Crippen molar-refractivity contribution >= 4 is 16.9 Å². The fourth-order valence-electron chi connectivity index (χ4n) is 3.91. The first kappa shape index (κ1) is 15.9. The van der Waals surface area contributed by atoms with Crippen LogP contribution in [0.1, 0.15) is 44.1 Å². The van der Waals surface area contributed by atoms with Crippen LogP contribution >= 0.6 is 0 Å². The van der Waals surface area contributed by atoms with Gasteiger partial charge in [0, 0.05) is 38.4 Å². The topological polar surface area (TPSA) is 43.1 Å². The predicted octanol–water partition coefficient (Wildman–Crippen LogP) is 3.69. The maximum absolute atomic E-state index is 12.9. The molecule has 3 aromatic rings. The highest BCUT2D eigenvalue weighted by molar-refractivity contribution is 5.78. The van der Waals surface area contributed by atoms with Crippen LogP contribution in [-0.4, -0.2) is 31.5 Å². The molecule has 25 heavy (non-hydrogen) atoms. The maximum Gasteiger partial charge on any atom is 0.225 e. The summed E-state index contributed by atoms with van der Waals surface area (Å²) in [5.74, 6) is 1.22. The Kier molecular flexibility index (Phi) is 4.07. The number of imidazole rings is 1. The predicted molar refractivity (Wildman–Crippen MR) is 98.2 cm³/mol. The zero-order valence-electron chi connectivity index (χ0n) is 14.8. The number of carbonyl (C=O) groups is 1. The molecule has 0 radical (unpaired) electrons. The van der Waals surface area contributed by atoms with Crippen LogP contribution in [-0.2, 0) is 11.8 Å². The van der Waals surface area contributed by atoms with E-state index in [1.165, 1.54) is 0 Å². The van der Waals surface area contributed by atoms with Gasteiger partial charge < -0.3 is 14.0 Å². The number of carbonyl (C=O) groups excluding carboxylic acids is 1. The molecule has 2 aromatic heterocycles. The quantitative estimate of drug-likeness (QED) is 0.729. The van der Waals surface area contributed by atoms with Gasteiger partial charge in [0.25, 0.3) is 0 Å². The summed E-state index contributed by atoms with van der Waals surface area (Å²) in [6, 6.07) is 12.4. The molecule has 0 spiro atoms. The first-order chi connectivity index (χ1) is 12.1. The number of fused-ring (bicyclic) bond motifs is 1. The van der Waals surface area contributed by atoms with Gasteiger partial charge in [0.15, 0.2) is 0 Å². The third-order valence-corrected chi connectivity index (χ3v) is 5.30. The number of likely N-dealkylation sites (tertiary alicyclic amines) is 1. The van der Waals surface area contributed by atoms with Gasteiger partial charge in [0.1, 0.15) is 5.82 Å². The molecule has 2 atom stereocenters. The van der Waals surface area contributed by atoms with Crippen molar-refractivity contribution in [2.75, 3.05) is 6.54 Å². The lowest BCUT2D eigenvalue weighted by molar-refractivity contribution is -0.133. The van der Waals surface area contributed by atoms with Gasteiger partial charge in [-0.3, -0.25) is 4.79 Å². The Hall–Kier alpha value is -2.56. The van der Waals surface area contributed by atoms with E-state index in [0.717, 1.165) is 36.2 Å². The van der Waals surface area contributed by atoms with Crippen molar-refractivity contribution in [3.05, 3.63) is 54.6 Å². The van der Waals surface area contributed by atoms with Crippen molar-refractivity contribution in [1.29, 1.82) is 0 Å². The van der Waals surface area contributed by atoms with Gasteiger partial charge >= 0.3 is 0 Å². The molecule has 1 aliphatic rings. The Morgan fingerprint density at radius 2 is 2.00 bits per heavy atom. The minimum Gasteiger partial charge on any atom is -0.351 e. The maximum atomic E-state index is 12.9. The Morgan fingerprint density at radius 3 is 2.76 bits per heavy atom. The van der Waals surface area contributed by atoms with Gasteiger partial charge in [-0.1, -0.05) is 12.1 Å². The second-order valence-electron chi connectivity index (χ2n) is 6.95. The molecule has 5 nitrogen and oxygen atoms in total. The normalized spacial score (nSPS) is 18.8. The van der Waals surface area contributed by atoms with E-state index in [1.54, 1.807) is 0 Å². The monoisotopic (exact) mass is 336 g/mol. The van der Waals surface area contributed by atoms with Crippen LogP contribution in [0.15, 0.2) is 48.8 Å². The van der Waals surface area contributed by atoms with Crippen LogP contribution in [0.2, 0.25) is 0 Å². The number of hydrogen-bond donors (Lipinski definition) is 0. The van der Waals surface area contributed by atoms with Gasteiger partial charge in [-0.2, -0.15) is 0 Å². The molecular formula is C20H24N4O. The molecular weight excluding hydrogens is 312 g/mol. The molecule has 1 aromatic carbocycles. The van der Waals surface area contributed by atoms with Crippen LogP contribution in [0.25, 0.3) is 11.0 Å². The summed E-state index contributed by atoms with van der Waals surface area (Å²) in [5.41, 5.74) is 2.12. The fourth-order valence-corrected chi connectivity index (χ4v) is 3.91. The van der Waals surface area contributed by atoms with Crippen LogP contribution in [0, 0.1) is 0 Å². The molecule has 5 heteroatoms. The Bertz CT molecular complexity index is 880. The van der Waals surface area contributed by atoms with Gasteiger partial charge in [-0.25, -0.2) is 4.98 Å². The summed E-state index contributed by atoms with van der Waals surface area (Å²) in [6.07, 6.45) is 6.59. The molecule has 1 fully saturated rings. The molecule has 0 saturated carbocycles. The van der Waals surface area contributed by atoms with Crippen molar-refractivity contribution < 1.29 is 4.79 Å². The first-order valence-corrected chi connectivity index (χ1v) is 8.98. The summed E-state index contributed by atoms with van der Waals surface area (Å²) in [4.78, 5) is 19.8. The van der Waals surface area contributed by atoms with E-state index in [0.29, 0.717) is 6.42 Å². The number of nitrogens with zero attached hydrogens (tertiary/aromatic N) is 4. The van der Waals surface area contributed by atoms with Crippen molar-refractivity contribution in [1.82, 2.24) is 19.0 Å². The van der Waals surface area contributed by atoms with Gasteiger partial charge in [-0.05, 0) is 44.0 Å². The number of benzene rings is 1. The molecule has 1 saturated heterocycles. The Labute approximate surface area is 147 Å². The second-order valence-corrected chi connectivity index (χ2v) is 6.95. The molecule has 130 valence electrons. The third-order valence-electron chi connectivity index (χ3n) is 5.30. The van der Waals surface area contributed by atoms with Crippen LogP contribution < -0.4 is 0 Å². The highest BCUT2D eigenvalue weighted by atomic mass is 16.2. The average molecular weight is 336 g/mol.